The van der Waals surface area contributed by atoms with E-state index in [1.807, 2.05) is 43.0 Å². The van der Waals surface area contributed by atoms with Crippen molar-refractivity contribution in [2.75, 3.05) is 6.54 Å². The summed E-state index contributed by atoms with van der Waals surface area (Å²) in [4.78, 5) is 30.5. The SMILES string of the molecule is Cc1ccc2nc(C)c(C(=O)N3CCCC[C@H]3CCC(=O)O)cc2c1. The van der Waals surface area contributed by atoms with Gasteiger partial charge in [0.1, 0.15) is 0 Å². The van der Waals surface area contributed by atoms with E-state index in [9.17, 15) is 9.59 Å². The molecule has 0 spiro atoms. The number of pyridine rings is 1. The van der Waals surface area contributed by atoms with Crippen molar-refractivity contribution in [3.05, 3.63) is 41.1 Å². The number of aromatic nitrogens is 1. The number of carboxylic acid groups (broad SMARTS) is 1. The molecule has 132 valence electrons. The molecule has 1 amide bonds. The standard InChI is InChI=1S/C20H24N2O3/c1-13-6-8-18-15(11-13)12-17(14(2)21-18)20(25)22-10-4-3-5-16(22)7-9-19(23)24/h6,8,11-12,16H,3-5,7,9-10H2,1-2H3,(H,23,24)/t16-/m0/s1. The molecule has 5 heteroatoms. The van der Waals surface area contributed by atoms with Crippen LogP contribution in [0, 0.1) is 13.8 Å². The van der Waals surface area contributed by atoms with Gasteiger partial charge in [0.05, 0.1) is 16.8 Å². The topological polar surface area (TPSA) is 70.5 Å². The average Bonchev–Trinajstić information content (AvgIpc) is 2.59. The molecule has 0 bridgehead atoms. The number of nitrogens with zero attached hydrogens (tertiary/aromatic N) is 2. The second kappa shape index (κ2) is 7.21. The molecule has 1 N–H and O–H groups in total. The molecule has 5 nitrogen and oxygen atoms in total. The number of benzene rings is 1. The molecule has 1 aromatic heterocycles. The minimum Gasteiger partial charge on any atom is -0.481 e. The quantitative estimate of drug-likeness (QED) is 0.921. The van der Waals surface area contributed by atoms with Gasteiger partial charge in [-0.1, -0.05) is 11.6 Å². The van der Waals surface area contributed by atoms with E-state index in [1.54, 1.807) is 0 Å². The maximum atomic E-state index is 13.1. The third kappa shape index (κ3) is 3.81. The molecule has 1 fully saturated rings. The van der Waals surface area contributed by atoms with E-state index in [4.69, 9.17) is 5.11 Å². The first-order chi connectivity index (χ1) is 12.0. The third-order valence-electron chi connectivity index (χ3n) is 4.97. The van der Waals surface area contributed by atoms with Crippen LogP contribution in [0.2, 0.25) is 0 Å². The lowest BCUT2D eigenvalue weighted by atomic mass is 9.96. The number of piperidine rings is 1. The molecule has 2 aromatic rings. The smallest absolute Gasteiger partial charge is 0.303 e. The highest BCUT2D eigenvalue weighted by Crippen LogP contribution is 2.25. The summed E-state index contributed by atoms with van der Waals surface area (Å²) in [5.74, 6) is -0.833. The van der Waals surface area contributed by atoms with Crippen molar-refractivity contribution >= 4 is 22.8 Å². The Hall–Kier alpha value is -2.43. The number of hydrogen-bond acceptors (Lipinski definition) is 3. The van der Waals surface area contributed by atoms with Crippen molar-refractivity contribution in [1.82, 2.24) is 9.88 Å². The van der Waals surface area contributed by atoms with Crippen LogP contribution in [0.25, 0.3) is 10.9 Å². The lowest BCUT2D eigenvalue weighted by Crippen LogP contribution is -2.44. The Kier molecular flexibility index (Phi) is 5.02. The van der Waals surface area contributed by atoms with Crippen LogP contribution in [0.5, 0.6) is 0 Å². The fraction of sp³-hybridized carbons (Fsp3) is 0.450. The normalized spacial score (nSPS) is 17.7. The number of hydrogen-bond donors (Lipinski definition) is 1. The zero-order valence-corrected chi connectivity index (χ0v) is 14.8. The Bertz CT molecular complexity index is 816. The number of amides is 1. The number of aliphatic carboxylic acids is 1. The summed E-state index contributed by atoms with van der Waals surface area (Å²) in [6.45, 7) is 4.57. The maximum Gasteiger partial charge on any atom is 0.303 e. The highest BCUT2D eigenvalue weighted by molar-refractivity contribution is 5.99. The second-order valence-corrected chi connectivity index (χ2v) is 6.90. The van der Waals surface area contributed by atoms with E-state index in [0.717, 1.165) is 41.4 Å². The molecule has 3 rings (SSSR count). The van der Waals surface area contributed by atoms with E-state index in [0.29, 0.717) is 18.5 Å². The minimum atomic E-state index is -0.808. The molecule has 1 atom stereocenters. The molecule has 0 radical (unpaired) electrons. The van der Waals surface area contributed by atoms with Crippen LogP contribution < -0.4 is 0 Å². The monoisotopic (exact) mass is 340 g/mol. The maximum absolute atomic E-state index is 13.1. The number of likely N-dealkylation sites (tertiary alicyclic amines) is 1. The molecule has 2 heterocycles. The molecule has 1 aliphatic heterocycles. The number of carboxylic acids is 1. The van der Waals surface area contributed by atoms with Crippen LogP contribution in [-0.2, 0) is 4.79 Å². The molecule has 0 aliphatic carbocycles. The summed E-state index contributed by atoms with van der Waals surface area (Å²) < 4.78 is 0. The summed E-state index contributed by atoms with van der Waals surface area (Å²) >= 11 is 0. The van der Waals surface area contributed by atoms with Gasteiger partial charge >= 0.3 is 5.97 Å². The average molecular weight is 340 g/mol. The zero-order chi connectivity index (χ0) is 18.0. The summed E-state index contributed by atoms with van der Waals surface area (Å²) in [5, 5.41) is 9.93. The number of fused-ring (bicyclic) bond motifs is 1. The van der Waals surface area contributed by atoms with Gasteiger partial charge in [-0.15, -0.1) is 0 Å². The summed E-state index contributed by atoms with van der Waals surface area (Å²) in [5.41, 5.74) is 3.37. The van der Waals surface area contributed by atoms with Crippen molar-refractivity contribution in [3.63, 3.8) is 0 Å². The Morgan fingerprint density at radius 1 is 1.24 bits per heavy atom. The van der Waals surface area contributed by atoms with Crippen molar-refractivity contribution < 1.29 is 14.7 Å². The van der Waals surface area contributed by atoms with Crippen LogP contribution >= 0.6 is 0 Å². The van der Waals surface area contributed by atoms with Gasteiger partial charge in [-0.25, -0.2) is 0 Å². The summed E-state index contributed by atoms with van der Waals surface area (Å²) in [6.07, 6.45) is 3.50. The van der Waals surface area contributed by atoms with Gasteiger partial charge in [-0.05, 0) is 57.7 Å². The van der Waals surface area contributed by atoms with Gasteiger partial charge in [0.2, 0.25) is 0 Å². The van der Waals surface area contributed by atoms with Crippen LogP contribution in [0.15, 0.2) is 24.3 Å². The van der Waals surface area contributed by atoms with E-state index >= 15 is 0 Å². The largest absolute Gasteiger partial charge is 0.481 e. The lowest BCUT2D eigenvalue weighted by molar-refractivity contribution is -0.137. The van der Waals surface area contributed by atoms with Gasteiger partial charge in [0, 0.05) is 24.4 Å². The molecule has 0 saturated carbocycles. The van der Waals surface area contributed by atoms with Crippen molar-refractivity contribution in [2.24, 2.45) is 0 Å². The Morgan fingerprint density at radius 3 is 2.80 bits per heavy atom. The number of aryl methyl sites for hydroxylation is 2. The van der Waals surface area contributed by atoms with Gasteiger partial charge in [-0.3, -0.25) is 14.6 Å². The highest BCUT2D eigenvalue weighted by Gasteiger charge is 2.29. The molecule has 0 unspecified atom stereocenters. The first kappa shape index (κ1) is 17.4. The van der Waals surface area contributed by atoms with Crippen molar-refractivity contribution in [2.45, 2.75) is 52.0 Å². The summed E-state index contributed by atoms with van der Waals surface area (Å²) in [7, 11) is 0. The molecule has 1 aromatic carbocycles. The highest BCUT2D eigenvalue weighted by atomic mass is 16.4. The molecule has 1 saturated heterocycles. The Balaban J connectivity index is 1.91. The van der Waals surface area contributed by atoms with E-state index in [-0.39, 0.29) is 18.4 Å². The number of rotatable bonds is 4. The Morgan fingerprint density at radius 2 is 2.04 bits per heavy atom. The first-order valence-electron chi connectivity index (χ1n) is 8.86. The van der Waals surface area contributed by atoms with E-state index in [2.05, 4.69) is 4.98 Å². The van der Waals surface area contributed by atoms with Crippen LogP contribution in [0.1, 0.15) is 53.7 Å². The van der Waals surface area contributed by atoms with Crippen LogP contribution in [-0.4, -0.2) is 39.5 Å². The Labute approximate surface area is 147 Å². The molecular formula is C20H24N2O3. The number of carbonyl (C=O) groups excluding carboxylic acids is 1. The van der Waals surface area contributed by atoms with Crippen molar-refractivity contribution in [1.29, 1.82) is 0 Å². The van der Waals surface area contributed by atoms with Crippen molar-refractivity contribution in [3.8, 4) is 0 Å². The lowest BCUT2D eigenvalue weighted by Gasteiger charge is -2.36. The molecular weight excluding hydrogens is 316 g/mol. The first-order valence-corrected chi connectivity index (χ1v) is 8.86. The predicted octanol–water partition coefficient (Wildman–Crippen LogP) is 3.71. The molecule has 1 aliphatic rings. The van der Waals surface area contributed by atoms with Crippen LogP contribution in [0.4, 0.5) is 0 Å². The fourth-order valence-electron chi connectivity index (χ4n) is 3.62. The minimum absolute atomic E-state index is 0.00459. The van der Waals surface area contributed by atoms with E-state index < -0.39 is 5.97 Å². The van der Waals surface area contributed by atoms with Gasteiger partial charge in [0.15, 0.2) is 0 Å². The zero-order valence-electron chi connectivity index (χ0n) is 14.8. The van der Waals surface area contributed by atoms with Gasteiger partial charge < -0.3 is 10.0 Å². The van der Waals surface area contributed by atoms with Gasteiger partial charge in [-0.2, -0.15) is 0 Å². The predicted molar refractivity (Wildman–Crippen MR) is 96.8 cm³/mol. The third-order valence-corrected chi connectivity index (χ3v) is 4.97. The van der Waals surface area contributed by atoms with E-state index in [1.165, 1.54) is 0 Å². The number of carbonyl (C=O) groups is 2. The fourth-order valence-corrected chi connectivity index (χ4v) is 3.62. The van der Waals surface area contributed by atoms with Gasteiger partial charge in [0.25, 0.3) is 5.91 Å². The molecule has 25 heavy (non-hydrogen) atoms. The van der Waals surface area contributed by atoms with Crippen LogP contribution in [0.3, 0.4) is 0 Å². The second-order valence-electron chi connectivity index (χ2n) is 6.90. The summed E-state index contributed by atoms with van der Waals surface area (Å²) in [6, 6.07) is 7.96.